The number of hydrogen-bond acceptors (Lipinski definition) is 4. The number of nitrogens with zero attached hydrogens (tertiary/aromatic N) is 1. The molecule has 0 radical (unpaired) electrons. The third-order valence-corrected chi connectivity index (χ3v) is 3.53. The van der Waals surface area contributed by atoms with Crippen molar-refractivity contribution in [1.29, 1.82) is 0 Å². The van der Waals surface area contributed by atoms with Crippen LogP contribution in [-0.2, 0) is 6.61 Å². The summed E-state index contributed by atoms with van der Waals surface area (Å²) >= 11 is 5.85. The highest BCUT2D eigenvalue weighted by atomic mass is 35.5. The maximum atomic E-state index is 12.0. The number of rotatable bonds is 5. The van der Waals surface area contributed by atoms with E-state index in [2.05, 4.69) is 10.3 Å². The van der Waals surface area contributed by atoms with Crippen LogP contribution in [0.15, 0.2) is 59.1 Å². The lowest BCUT2D eigenvalue weighted by Crippen LogP contribution is -2.10. The molecule has 6 heteroatoms. The average molecular weight is 343 g/mol. The van der Waals surface area contributed by atoms with Gasteiger partial charge in [-0.2, -0.15) is 0 Å². The topological polar surface area (TPSA) is 64.4 Å². The number of halogens is 1. The van der Waals surface area contributed by atoms with Crippen molar-refractivity contribution in [2.45, 2.75) is 13.5 Å². The van der Waals surface area contributed by atoms with Crippen molar-refractivity contribution in [2.75, 3.05) is 5.32 Å². The van der Waals surface area contributed by atoms with Gasteiger partial charge >= 0.3 is 0 Å². The largest absolute Gasteiger partial charge is 0.489 e. The van der Waals surface area contributed by atoms with E-state index in [1.165, 1.54) is 6.20 Å². The second-order valence-electron chi connectivity index (χ2n) is 5.14. The van der Waals surface area contributed by atoms with Crippen molar-refractivity contribution in [3.63, 3.8) is 0 Å². The number of benzene rings is 2. The summed E-state index contributed by atoms with van der Waals surface area (Å²) in [6.07, 6.45) is 1.40. The quantitative estimate of drug-likeness (QED) is 0.743. The first kappa shape index (κ1) is 16.1. The number of amides is 1. The Morgan fingerprint density at radius 2 is 1.88 bits per heavy atom. The van der Waals surface area contributed by atoms with Gasteiger partial charge < -0.3 is 14.5 Å². The first-order chi connectivity index (χ1) is 11.6. The van der Waals surface area contributed by atoms with Gasteiger partial charge in [0.15, 0.2) is 5.89 Å². The second-order valence-corrected chi connectivity index (χ2v) is 5.57. The van der Waals surface area contributed by atoms with Crippen molar-refractivity contribution in [3.8, 4) is 5.75 Å². The highest BCUT2D eigenvalue weighted by molar-refractivity contribution is 6.30. The maximum absolute atomic E-state index is 12.0. The molecule has 1 N–H and O–H groups in total. The number of anilines is 1. The summed E-state index contributed by atoms with van der Waals surface area (Å²) in [5.41, 5.74) is 1.67. The average Bonchev–Trinajstić information content (AvgIpc) is 3.02. The van der Waals surface area contributed by atoms with E-state index >= 15 is 0 Å². The number of aromatic nitrogens is 1. The third kappa shape index (κ3) is 4.14. The highest BCUT2D eigenvalue weighted by Gasteiger charge is 2.11. The normalized spacial score (nSPS) is 10.4. The number of aryl methyl sites for hydroxylation is 1. The molecule has 0 saturated carbocycles. The van der Waals surface area contributed by atoms with Crippen molar-refractivity contribution >= 4 is 23.2 Å². The van der Waals surface area contributed by atoms with Crippen LogP contribution < -0.4 is 10.1 Å². The van der Waals surface area contributed by atoms with Crippen LogP contribution in [0.1, 0.15) is 22.0 Å². The van der Waals surface area contributed by atoms with Crippen LogP contribution in [0, 0.1) is 6.92 Å². The van der Waals surface area contributed by atoms with Gasteiger partial charge in [0, 0.05) is 17.6 Å². The first-order valence-electron chi connectivity index (χ1n) is 7.31. The Labute approximate surface area is 144 Å². The molecular weight excluding hydrogens is 328 g/mol. The molecule has 3 rings (SSSR count). The molecule has 0 saturated heterocycles. The third-order valence-electron chi connectivity index (χ3n) is 3.28. The van der Waals surface area contributed by atoms with Crippen LogP contribution in [0.2, 0.25) is 5.02 Å². The van der Waals surface area contributed by atoms with Crippen LogP contribution in [0.3, 0.4) is 0 Å². The van der Waals surface area contributed by atoms with E-state index in [9.17, 15) is 4.79 Å². The maximum Gasteiger partial charge on any atom is 0.293 e. The van der Waals surface area contributed by atoms with Crippen molar-refractivity contribution in [1.82, 2.24) is 4.98 Å². The number of carbonyl (C=O) groups is 1. The molecule has 0 unspecified atom stereocenters. The van der Waals surface area contributed by atoms with Crippen LogP contribution in [0.5, 0.6) is 5.75 Å². The van der Waals surface area contributed by atoms with Gasteiger partial charge in [-0.15, -0.1) is 0 Å². The minimum atomic E-state index is -0.342. The van der Waals surface area contributed by atoms with Gasteiger partial charge in [-0.25, -0.2) is 4.98 Å². The Morgan fingerprint density at radius 3 is 2.50 bits per heavy atom. The summed E-state index contributed by atoms with van der Waals surface area (Å²) in [6, 6.07) is 14.6. The number of hydrogen-bond donors (Lipinski definition) is 1. The van der Waals surface area contributed by atoms with E-state index in [0.717, 1.165) is 5.56 Å². The summed E-state index contributed by atoms with van der Waals surface area (Å²) in [5, 5.41) is 3.43. The van der Waals surface area contributed by atoms with Gasteiger partial charge in [0.1, 0.15) is 12.4 Å². The Kier molecular flexibility index (Phi) is 4.82. The second kappa shape index (κ2) is 7.19. The zero-order valence-electron chi connectivity index (χ0n) is 13.0. The molecule has 0 aliphatic heterocycles. The van der Waals surface area contributed by atoms with E-state index in [1.54, 1.807) is 31.2 Å². The molecule has 1 aromatic heterocycles. The lowest BCUT2D eigenvalue weighted by Gasteiger charge is -2.08. The predicted octanol–water partition coefficient (Wildman–Crippen LogP) is 4.47. The molecule has 0 spiro atoms. The predicted molar refractivity (Wildman–Crippen MR) is 91.4 cm³/mol. The van der Waals surface area contributed by atoms with E-state index in [4.69, 9.17) is 20.8 Å². The van der Waals surface area contributed by atoms with Gasteiger partial charge in [0.25, 0.3) is 5.91 Å². The number of ether oxygens (including phenoxy) is 1. The monoisotopic (exact) mass is 342 g/mol. The van der Waals surface area contributed by atoms with Crippen LogP contribution >= 0.6 is 11.6 Å². The zero-order chi connectivity index (χ0) is 16.9. The molecule has 5 nitrogen and oxygen atoms in total. The molecule has 0 aliphatic rings. The van der Waals surface area contributed by atoms with E-state index < -0.39 is 0 Å². The Hall–Kier alpha value is -2.79. The Bertz CT molecular complexity index is 826. The number of nitrogens with one attached hydrogen (secondary N) is 1. The minimum Gasteiger partial charge on any atom is -0.489 e. The van der Waals surface area contributed by atoms with Crippen molar-refractivity contribution in [2.24, 2.45) is 0 Å². The van der Waals surface area contributed by atoms with E-state index in [-0.39, 0.29) is 11.7 Å². The smallest absolute Gasteiger partial charge is 0.293 e. The standard InChI is InChI=1S/C18H15ClN2O3/c1-12-20-10-17(24-12)18(22)21-15-6-8-16(9-7-15)23-11-13-2-4-14(19)5-3-13/h2-10H,11H2,1H3,(H,21,22). The molecule has 1 heterocycles. The van der Waals surface area contributed by atoms with Crippen LogP contribution in [-0.4, -0.2) is 10.9 Å². The molecule has 2 aromatic carbocycles. The van der Waals surface area contributed by atoms with Crippen molar-refractivity contribution < 1.29 is 13.9 Å². The van der Waals surface area contributed by atoms with Gasteiger partial charge in [-0.3, -0.25) is 4.79 Å². The van der Waals surface area contributed by atoms with Crippen molar-refractivity contribution in [3.05, 3.63) is 77.0 Å². The number of carbonyl (C=O) groups excluding carboxylic acids is 1. The molecule has 122 valence electrons. The van der Waals surface area contributed by atoms with E-state index in [0.29, 0.717) is 29.0 Å². The van der Waals surface area contributed by atoms with Gasteiger partial charge in [-0.1, -0.05) is 23.7 Å². The molecular formula is C18H15ClN2O3. The zero-order valence-corrected chi connectivity index (χ0v) is 13.7. The Morgan fingerprint density at radius 1 is 1.17 bits per heavy atom. The minimum absolute atomic E-state index is 0.176. The van der Waals surface area contributed by atoms with E-state index in [1.807, 2.05) is 24.3 Å². The summed E-state index contributed by atoms with van der Waals surface area (Å²) in [7, 11) is 0. The fraction of sp³-hybridized carbons (Fsp3) is 0.111. The molecule has 1 amide bonds. The fourth-order valence-electron chi connectivity index (χ4n) is 2.04. The van der Waals surface area contributed by atoms with Crippen LogP contribution in [0.25, 0.3) is 0 Å². The first-order valence-corrected chi connectivity index (χ1v) is 7.69. The van der Waals surface area contributed by atoms with Crippen LogP contribution in [0.4, 0.5) is 5.69 Å². The summed E-state index contributed by atoms with van der Waals surface area (Å²) in [4.78, 5) is 15.9. The summed E-state index contributed by atoms with van der Waals surface area (Å²) in [5.74, 6) is 0.991. The molecule has 3 aromatic rings. The molecule has 0 bridgehead atoms. The van der Waals surface area contributed by atoms with Gasteiger partial charge in [-0.05, 0) is 42.0 Å². The molecule has 0 aliphatic carbocycles. The van der Waals surface area contributed by atoms with Gasteiger partial charge in [0.2, 0.25) is 5.76 Å². The number of oxazole rings is 1. The lowest BCUT2D eigenvalue weighted by molar-refractivity contribution is 0.0995. The fourth-order valence-corrected chi connectivity index (χ4v) is 2.17. The molecule has 24 heavy (non-hydrogen) atoms. The van der Waals surface area contributed by atoms with Gasteiger partial charge in [0.05, 0.1) is 6.20 Å². The SMILES string of the molecule is Cc1ncc(C(=O)Nc2ccc(OCc3ccc(Cl)cc3)cc2)o1. The summed E-state index contributed by atoms with van der Waals surface area (Å²) in [6.45, 7) is 2.13. The lowest BCUT2D eigenvalue weighted by atomic mass is 10.2. The summed E-state index contributed by atoms with van der Waals surface area (Å²) < 4.78 is 10.9. The Balaban J connectivity index is 1.57. The highest BCUT2D eigenvalue weighted by Crippen LogP contribution is 2.18. The molecule has 0 atom stereocenters. The molecule has 0 fully saturated rings.